The second-order valence-electron chi connectivity index (χ2n) is 4.76. The molecule has 1 aliphatic rings. The zero-order valence-corrected chi connectivity index (χ0v) is 10.2. The number of amides is 1. The van der Waals surface area contributed by atoms with Crippen molar-refractivity contribution in [1.82, 2.24) is 9.80 Å². The Bertz CT molecular complexity index is 221. The van der Waals surface area contributed by atoms with E-state index in [0.29, 0.717) is 0 Å². The summed E-state index contributed by atoms with van der Waals surface area (Å²) in [5.41, 5.74) is -0.533. The molecule has 1 heterocycles. The molecule has 0 bridgehead atoms. The van der Waals surface area contributed by atoms with E-state index in [4.69, 9.17) is 4.74 Å². The zero-order chi connectivity index (χ0) is 11.5. The quantitative estimate of drug-likeness (QED) is 0.658. The predicted molar refractivity (Wildman–Crippen MR) is 59.7 cm³/mol. The van der Waals surface area contributed by atoms with Crippen LogP contribution in [-0.2, 0) is 4.74 Å². The average molecular weight is 214 g/mol. The van der Waals surface area contributed by atoms with Crippen molar-refractivity contribution in [3.63, 3.8) is 0 Å². The van der Waals surface area contributed by atoms with Crippen molar-refractivity contribution < 1.29 is 9.53 Å². The number of hydrogen-bond acceptors (Lipinski definition) is 3. The summed E-state index contributed by atoms with van der Waals surface area (Å²) in [7, 11) is 3.81. The van der Waals surface area contributed by atoms with Crippen LogP contribution in [0.2, 0.25) is 0 Å². The monoisotopic (exact) mass is 214 g/mol. The summed E-state index contributed by atoms with van der Waals surface area (Å²) < 4.78 is 5.45. The molecular formula is C11H22N2O2. The third-order valence-corrected chi connectivity index (χ3v) is 3.03. The van der Waals surface area contributed by atoms with E-state index in [1.165, 1.54) is 6.42 Å². The van der Waals surface area contributed by atoms with E-state index in [9.17, 15) is 4.79 Å². The van der Waals surface area contributed by atoms with Crippen LogP contribution in [0.4, 0.5) is 4.79 Å². The third kappa shape index (κ3) is 3.38. The maximum atomic E-state index is 11.8. The highest BCUT2D eigenvalue weighted by molar-refractivity contribution is 5.68. The van der Waals surface area contributed by atoms with Gasteiger partial charge in [-0.3, -0.25) is 4.90 Å². The minimum absolute atomic E-state index is 0.187. The SMILES string of the molecule is CN(C)C(C)(C)OC(=O)N1CCCCC1. The molecule has 88 valence electrons. The number of carbonyl (C=O) groups excluding carboxylic acids is 1. The molecule has 1 aliphatic heterocycles. The van der Waals surface area contributed by atoms with Crippen LogP contribution in [-0.4, -0.2) is 48.8 Å². The maximum Gasteiger partial charge on any atom is 0.411 e. The van der Waals surface area contributed by atoms with E-state index in [-0.39, 0.29) is 6.09 Å². The van der Waals surface area contributed by atoms with Crippen molar-refractivity contribution in [3.05, 3.63) is 0 Å². The van der Waals surface area contributed by atoms with E-state index in [1.807, 2.05) is 32.8 Å². The standard InChI is InChI=1S/C11H22N2O2/c1-11(2,12(3)4)15-10(14)13-8-6-5-7-9-13/h5-9H2,1-4H3. The van der Waals surface area contributed by atoms with Crippen molar-refractivity contribution in [3.8, 4) is 0 Å². The van der Waals surface area contributed by atoms with Gasteiger partial charge in [-0.1, -0.05) is 0 Å². The molecular weight excluding hydrogens is 192 g/mol. The van der Waals surface area contributed by atoms with Gasteiger partial charge in [0, 0.05) is 13.1 Å². The number of carbonyl (C=O) groups is 1. The molecule has 0 unspecified atom stereocenters. The number of rotatable bonds is 2. The molecule has 0 atom stereocenters. The highest BCUT2D eigenvalue weighted by atomic mass is 16.6. The molecule has 0 spiro atoms. The molecule has 0 saturated carbocycles. The molecule has 0 aromatic heterocycles. The Hall–Kier alpha value is -0.770. The summed E-state index contributed by atoms with van der Waals surface area (Å²) >= 11 is 0. The van der Waals surface area contributed by atoms with Crippen LogP contribution in [0.25, 0.3) is 0 Å². The van der Waals surface area contributed by atoms with Crippen molar-refractivity contribution >= 4 is 6.09 Å². The van der Waals surface area contributed by atoms with E-state index in [2.05, 4.69) is 0 Å². The van der Waals surface area contributed by atoms with Gasteiger partial charge in [0.1, 0.15) is 0 Å². The highest BCUT2D eigenvalue weighted by Crippen LogP contribution is 2.16. The minimum atomic E-state index is -0.533. The van der Waals surface area contributed by atoms with Crippen molar-refractivity contribution in [2.45, 2.75) is 38.8 Å². The number of ether oxygens (including phenoxy) is 1. The van der Waals surface area contributed by atoms with Crippen LogP contribution < -0.4 is 0 Å². The largest absolute Gasteiger partial charge is 0.428 e. The smallest absolute Gasteiger partial charge is 0.411 e. The zero-order valence-electron chi connectivity index (χ0n) is 10.2. The van der Waals surface area contributed by atoms with Gasteiger partial charge >= 0.3 is 6.09 Å². The lowest BCUT2D eigenvalue weighted by molar-refractivity contribution is -0.0739. The summed E-state index contributed by atoms with van der Waals surface area (Å²) in [5, 5.41) is 0. The second kappa shape index (κ2) is 4.84. The van der Waals surface area contributed by atoms with E-state index in [1.54, 1.807) is 4.90 Å². The van der Waals surface area contributed by atoms with Crippen molar-refractivity contribution in [2.24, 2.45) is 0 Å². The topological polar surface area (TPSA) is 32.8 Å². The number of piperidine rings is 1. The molecule has 0 aromatic carbocycles. The van der Waals surface area contributed by atoms with Crippen molar-refractivity contribution in [2.75, 3.05) is 27.2 Å². The number of likely N-dealkylation sites (tertiary alicyclic amines) is 1. The Morgan fingerprint density at radius 1 is 1.20 bits per heavy atom. The predicted octanol–water partition coefficient (Wildman–Crippen LogP) is 1.91. The minimum Gasteiger partial charge on any atom is -0.428 e. The summed E-state index contributed by atoms with van der Waals surface area (Å²) in [6.07, 6.45) is 3.23. The van der Waals surface area contributed by atoms with Crippen LogP contribution in [0.15, 0.2) is 0 Å². The molecule has 0 N–H and O–H groups in total. The lowest BCUT2D eigenvalue weighted by Gasteiger charge is -2.35. The van der Waals surface area contributed by atoms with Gasteiger partial charge in [0.05, 0.1) is 0 Å². The molecule has 4 nitrogen and oxygen atoms in total. The first-order chi connectivity index (χ1) is 6.93. The van der Waals surface area contributed by atoms with Gasteiger partial charge in [0.2, 0.25) is 0 Å². The average Bonchev–Trinajstić information content (AvgIpc) is 2.18. The first kappa shape index (κ1) is 12.3. The molecule has 1 fully saturated rings. The van der Waals surface area contributed by atoms with Crippen LogP contribution >= 0.6 is 0 Å². The Balaban J connectivity index is 2.47. The first-order valence-electron chi connectivity index (χ1n) is 5.59. The fourth-order valence-corrected chi connectivity index (χ4v) is 1.45. The summed E-state index contributed by atoms with van der Waals surface area (Å²) in [6.45, 7) is 5.47. The van der Waals surface area contributed by atoms with Gasteiger partial charge in [-0.2, -0.15) is 0 Å². The van der Waals surface area contributed by atoms with Crippen LogP contribution in [0.3, 0.4) is 0 Å². The maximum absolute atomic E-state index is 11.8. The first-order valence-corrected chi connectivity index (χ1v) is 5.59. The molecule has 0 aliphatic carbocycles. The van der Waals surface area contributed by atoms with Crippen LogP contribution in [0, 0.1) is 0 Å². The molecule has 1 rings (SSSR count). The van der Waals surface area contributed by atoms with Gasteiger partial charge in [-0.05, 0) is 47.2 Å². The molecule has 1 saturated heterocycles. The molecule has 4 heteroatoms. The van der Waals surface area contributed by atoms with Gasteiger partial charge in [0.25, 0.3) is 0 Å². The van der Waals surface area contributed by atoms with E-state index >= 15 is 0 Å². The fraction of sp³-hybridized carbons (Fsp3) is 0.909. The van der Waals surface area contributed by atoms with Gasteiger partial charge in [-0.25, -0.2) is 4.79 Å². The van der Waals surface area contributed by atoms with E-state index in [0.717, 1.165) is 25.9 Å². The number of hydrogen-bond donors (Lipinski definition) is 0. The molecule has 0 radical (unpaired) electrons. The van der Waals surface area contributed by atoms with Gasteiger partial charge in [0.15, 0.2) is 5.72 Å². The molecule has 0 aromatic rings. The lowest BCUT2D eigenvalue weighted by Crippen LogP contribution is -2.47. The summed E-state index contributed by atoms with van der Waals surface area (Å²) in [5.74, 6) is 0. The Morgan fingerprint density at radius 2 is 1.73 bits per heavy atom. The van der Waals surface area contributed by atoms with E-state index < -0.39 is 5.72 Å². The fourth-order valence-electron chi connectivity index (χ4n) is 1.45. The Morgan fingerprint density at radius 3 is 2.20 bits per heavy atom. The molecule has 1 amide bonds. The Labute approximate surface area is 92.2 Å². The number of nitrogens with zero attached hydrogens (tertiary/aromatic N) is 2. The normalized spacial score (nSPS) is 18.1. The van der Waals surface area contributed by atoms with Crippen molar-refractivity contribution in [1.29, 1.82) is 0 Å². The third-order valence-electron chi connectivity index (χ3n) is 3.03. The second-order valence-corrected chi connectivity index (χ2v) is 4.76. The van der Waals surface area contributed by atoms with Gasteiger partial charge in [-0.15, -0.1) is 0 Å². The Kier molecular flexibility index (Phi) is 3.97. The molecule has 15 heavy (non-hydrogen) atoms. The summed E-state index contributed by atoms with van der Waals surface area (Å²) in [4.78, 5) is 15.5. The van der Waals surface area contributed by atoms with Gasteiger partial charge < -0.3 is 9.64 Å². The highest BCUT2D eigenvalue weighted by Gasteiger charge is 2.28. The van der Waals surface area contributed by atoms with Crippen LogP contribution in [0.1, 0.15) is 33.1 Å². The van der Waals surface area contributed by atoms with Crippen LogP contribution in [0.5, 0.6) is 0 Å². The summed E-state index contributed by atoms with van der Waals surface area (Å²) in [6, 6.07) is 0. The lowest BCUT2D eigenvalue weighted by atomic mass is 10.1.